The average molecular weight is 243 g/mol. The van der Waals surface area contributed by atoms with E-state index in [0.717, 1.165) is 0 Å². The van der Waals surface area contributed by atoms with Gasteiger partial charge < -0.3 is 21.1 Å². The SMILES string of the molecule is CC(C)[C@H](N)C(=O)NCC(=O)N1CC(C)(O)C1. The highest BCUT2D eigenvalue weighted by Crippen LogP contribution is 2.19. The topological polar surface area (TPSA) is 95.7 Å². The predicted molar refractivity (Wildman–Crippen MR) is 63.0 cm³/mol. The molecular formula is C11H21N3O3. The number of hydrogen-bond acceptors (Lipinski definition) is 4. The van der Waals surface area contributed by atoms with Crippen LogP contribution in [0.2, 0.25) is 0 Å². The Labute approximate surface area is 101 Å². The molecule has 4 N–H and O–H groups in total. The minimum atomic E-state index is -0.784. The van der Waals surface area contributed by atoms with Crippen molar-refractivity contribution in [2.24, 2.45) is 11.7 Å². The molecule has 1 saturated heterocycles. The average Bonchev–Trinajstić information content (AvgIpc) is 2.20. The van der Waals surface area contributed by atoms with Crippen molar-refractivity contribution in [3.05, 3.63) is 0 Å². The Morgan fingerprint density at radius 2 is 2.00 bits per heavy atom. The molecule has 1 aliphatic heterocycles. The third-order valence-corrected chi connectivity index (χ3v) is 2.85. The van der Waals surface area contributed by atoms with Gasteiger partial charge in [0.05, 0.1) is 31.3 Å². The second-order valence-electron chi connectivity index (χ2n) is 5.23. The fourth-order valence-electron chi connectivity index (χ4n) is 1.65. The molecule has 6 heteroatoms. The van der Waals surface area contributed by atoms with Crippen molar-refractivity contribution >= 4 is 11.8 Å². The van der Waals surface area contributed by atoms with Gasteiger partial charge in [0.1, 0.15) is 0 Å². The van der Waals surface area contributed by atoms with Crippen LogP contribution in [0.15, 0.2) is 0 Å². The first kappa shape index (κ1) is 13.9. The number of aliphatic hydroxyl groups is 1. The van der Waals surface area contributed by atoms with Crippen LogP contribution in [0.25, 0.3) is 0 Å². The van der Waals surface area contributed by atoms with Gasteiger partial charge in [0.2, 0.25) is 11.8 Å². The summed E-state index contributed by atoms with van der Waals surface area (Å²) in [6, 6.07) is -0.595. The molecule has 17 heavy (non-hydrogen) atoms. The van der Waals surface area contributed by atoms with Crippen LogP contribution in [-0.4, -0.2) is 53.1 Å². The fourth-order valence-corrected chi connectivity index (χ4v) is 1.65. The fraction of sp³-hybridized carbons (Fsp3) is 0.818. The first-order chi connectivity index (χ1) is 7.73. The van der Waals surface area contributed by atoms with Gasteiger partial charge >= 0.3 is 0 Å². The van der Waals surface area contributed by atoms with Crippen LogP contribution in [-0.2, 0) is 9.59 Å². The maximum atomic E-state index is 11.6. The molecular weight excluding hydrogens is 222 g/mol. The smallest absolute Gasteiger partial charge is 0.242 e. The van der Waals surface area contributed by atoms with Gasteiger partial charge in [-0.2, -0.15) is 0 Å². The highest BCUT2D eigenvalue weighted by atomic mass is 16.3. The first-order valence-corrected chi connectivity index (χ1v) is 5.76. The number of nitrogens with zero attached hydrogens (tertiary/aromatic N) is 1. The monoisotopic (exact) mass is 243 g/mol. The van der Waals surface area contributed by atoms with E-state index in [-0.39, 0.29) is 24.3 Å². The second kappa shape index (κ2) is 5.01. The Hall–Kier alpha value is -1.14. The molecule has 1 rings (SSSR count). The van der Waals surface area contributed by atoms with Crippen molar-refractivity contribution in [3.8, 4) is 0 Å². The molecule has 1 atom stereocenters. The molecule has 0 aromatic heterocycles. The normalized spacial score (nSPS) is 19.8. The van der Waals surface area contributed by atoms with Crippen LogP contribution in [0.3, 0.4) is 0 Å². The molecule has 0 bridgehead atoms. The van der Waals surface area contributed by atoms with E-state index in [1.54, 1.807) is 6.92 Å². The van der Waals surface area contributed by atoms with E-state index >= 15 is 0 Å². The molecule has 2 amide bonds. The van der Waals surface area contributed by atoms with E-state index in [0.29, 0.717) is 13.1 Å². The standard InChI is InChI=1S/C11H21N3O3/c1-7(2)9(12)10(16)13-4-8(15)14-5-11(3,17)6-14/h7,9,17H,4-6,12H2,1-3H3,(H,13,16)/t9-/m0/s1. The molecule has 0 radical (unpaired) electrons. The molecule has 0 spiro atoms. The van der Waals surface area contributed by atoms with Gasteiger partial charge in [-0.25, -0.2) is 0 Å². The molecule has 1 aliphatic rings. The van der Waals surface area contributed by atoms with Gasteiger partial charge in [0.15, 0.2) is 0 Å². The Balaban J connectivity index is 2.28. The van der Waals surface area contributed by atoms with Crippen LogP contribution in [0, 0.1) is 5.92 Å². The highest BCUT2D eigenvalue weighted by Gasteiger charge is 2.39. The number of carbonyl (C=O) groups excluding carboxylic acids is 2. The number of carbonyl (C=O) groups is 2. The molecule has 1 fully saturated rings. The van der Waals surface area contributed by atoms with Crippen molar-refractivity contribution in [1.29, 1.82) is 0 Å². The molecule has 1 heterocycles. The third-order valence-electron chi connectivity index (χ3n) is 2.85. The minimum Gasteiger partial charge on any atom is -0.386 e. The Bertz CT molecular complexity index is 307. The van der Waals surface area contributed by atoms with Crippen LogP contribution in [0.1, 0.15) is 20.8 Å². The zero-order chi connectivity index (χ0) is 13.2. The zero-order valence-electron chi connectivity index (χ0n) is 10.6. The first-order valence-electron chi connectivity index (χ1n) is 5.76. The lowest BCUT2D eigenvalue weighted by Gasteiger charge is -2.44. The number of nitrogens with two attached hydrogens (primary N) is 1. The van der Waals surface area contributed by atoms with Gasteiger partial charge in [0, 0.05) is 0 Å². The lowest BCUT2D eigenvalue weighted by Crippen LogP contribution is -2.63. The quantitative estimate of drug-likeness (QED) is 0.570. The summed E-state index contributed by atoms with van der Waals surface area (Å²) in [5, 5.41) is 12.0. The predicted octanol–water partition coefficient (Wildman–Crippen LogP) is -1.32. The van der Waals surface area contributed by atoms with E-state index in [1.165, 1.54) is 4.90 Å². The van der Waals surface area contributed by atoms with Crippen molar-refractivity contribution in [2.75, 3.05) is 19.6 Å². The van der Waals surface area contributed by atoms with Gasteiger partial charge in [-0.15, -0.1) is 0 Å². The summed E-state index contributed by atoms with van der Waals surface area (Å²) in [7, 11) is 0. The van der Waals surface area contributed by atoms with E-state index in [2.05, 4.69) is 5.32 Å². The Kier molecular flexibility index (Phi) is 4.11. The summed E-state index contributed by atoms with van der Waals surface area (Å²) in [6.07, 6.45) is 0. The largest absolute Gasteiger partial charge is 0.386 e. The van der Waals surface area contributed by atoms with Crippen molar-refractivity contribution < 1.29 is 14.7 Å². The van der Waals surface area contributed by atoms with Crippen LogP contribution < -0.4 is 11.1 Å². The van der Waals surface area contributed by atoms with Gasteiger partial charge in [0.25, 0.3) is 0 Å². The van der Waals surface area contributed by atoms with Crippen LogP contribution in [0.4, 0.5) is 0 Å². The minimum absolute atomic E-state index is 0.0369. The highest BCUT2D eigenvalue weighted by molar-refractivity contribution is 5.87. The summed E-state index contributed by atoms with van der Waals surface area (Å²) in [5.41, 5.74) is 4.85. The lowest BCUT2D eigenvalue weighted by molar-refractivity contribution is -0.152. The third kappa shape index (κ3) is 3.67. The second-order valence-corrected chi connectivity index (χ2v) is 5.23. The number of nitrogens with one attached hydrogen (secondary N) is 1. The van der Waals surface area contributed by atoms with Gasteiger partial charge in [-0.1, -0.05) is 13.8 Å². The Morgan fingerprint density at radius 1 is 1.47 bits per heavy atom. The molecule has 0 aromatic carbocycles. The number of rotatable bonds is 4. The molecule has 0 saturated carbocycles. The summed E-state index contributed by atoms with van der Waals surface area (Å²) >= 11 is 0. The molecule has 98 valence electrons. The number of β-amino-alcohol motifs (C(OH)–C–C–N with tert-alkyl or cyclic N) is 1. The summed E-state index contributed by atoms with van der Waals surface area (Å²) in [6.45, 7) is 5.94. The van der Waals surface area contributed by atoms with Crippen LogP contribution in [0.5, 0.6) is 0 Å². The maximum absolute atomic E-state index is 11.6. The summed E-state index contributed by atoms with van der Waals surface area (Å²) < 4.78 is 0. The Morgan fingerprint density at radius 3 is 2.41 bits per heavy atom. The van der Waals surface area contributed by atoms with E-state index in [9.17, 15) is 14.7 Å². The molecule has 0 aromatic rings. The van der Waals surface area contributed by atoms with Crippen molar-refractivity contribution in [2.45, 2.75) is 32.4 Å². The van der Waals surface area contributed by atoms with Crippen molar-refractivity contribution in [3.63, 3.8) is 0 Å². The lowest BCUT2D eigenvalue weighted by atomic mass is 9.97. The van der Waals surface area contributed by atoms with E-state index in [4.69, 9.17) is 5.73 Å². The maximum Gasteiger partial charge on any atom is 0.242 e. The summed E-state index contributed by atoms with van der Waals surface area (Å²) in [4.78, 5) is 24.6. The molecule has 0 aliphatic carbocycles. The number of amides is 2. The summed E-state index contributed by atoms with van der Waals surface area (Å²) in [5.74, 6) is -0.476. The molecule has 0 unspecified atom stereocenters. The van der Waals surface area contributed by atoms with Gasteiger partial charge in [-0.05, 0) is 12.8 Å². The van der Waals surface area contributed by atoms with Crippen molar-refractivity contribution in [1.82, 2.24) is 10.2 Å². The van der Waals surface area contributed by atoms with Crippen LogP contribution >= 0.6 is 0 Å². The molecule has 6 nitrogen and oxygen atoms in total. The zero-order valence-corrected chi connectivity index (χ0v) is 10.6. The number of likely N-dealkylation sites (tertiary alicyclic amines) is 1. The van der Waals surface area contributed by atoms with E-state index < -0.39 is 11.6 Å². The number of hydrogen-bond donors (Lipinski definition) is 3. The van der Waals surface area contributed by atoms with Gasteiger partial charge in [-0.3, -0.25) is 9.59 Å². The van der Waals surface area contributed by atoms with E-state index in [1.807, 2.05) is 13.8 Å².